The molecule has 0 aromatic carbocycles. The zero-order valence-electron chi connectivity index (χ0n) is 9.39. The topological polar surface area (TPSA) is 54.9 Å². The second-order valence-corrected chi connectivity index (χ2v) is 5.42. The number of rotatable bonds is 3. The smallest absolute Gasteiger partial charge is 0.259 e. The Bertz CT molecular complexity index is 577. The van der Waals surface area contributed by atoms with E-state index in [-0.39, 0.29) is 5.91 Å². The lowest BCUT2D eigenvalue weighted by molar-refractivity contribution is 0.102. The van der Waals surface area contributed by atoms with Crippen molar-refractivity contribution in [3.8, 4) is 0 Å². The first-order chi connectivity index (χ1) is 8.72. The van der Waals surface area contributed by atoms with E-state index in [1.807, 2.05) is 5.38 Å². The second-order valence-electron chi connectivity index (χ2n) is 4.18. The summed E-state index contributed by atoms with van der Waals surface area (Å²) >= 11 is 7.12. The van der Waals surface area contributed by atoms with Crippen molar-refractivity contribution in [3.63, 3.8) is 0 Å². The first-order valence-corrected chi connectivity index (χ1v) is 6.86. The van der Waals surface area contributed by atoms with E-state index in [0.29, 0.717) is 21.8 Å². The highest BCUT2D eigenvalue weighted by molar-refractivity contribution is 7.14. The molecule has 4 nitrogen and oxygen atoms in total. The molecule has 2 heterocycles. The van der Waals surface area contributed by atoms with Crippen LogP contribution in [-0.2, 0) is 0 Å². The third-order valence-corrected chi connectivity index (χ3v) is 3.73. The van der Waals surface area contributed by atoms with Gasteiger partial charge in [0.2, 0.25) is 0 Å². The van der Waals surface area contributed by atoms with Crippen LogP contribution in [0.2, 0.25) is 5.15 Å². The number of nitrogens with zero attached hydrogens (tertiary/aromatic N) is 2. The molecule has 0 aliphatic heterocycles. The number of carbonyl (C=O) groups is 1. The number of halogens is 1. The molecule has 3 rings (SSSR count). The summed E-state index contributed by atoms with van der Waals surface area (Å²) in [7, 11) is 0. The van der Waals surface area contributed by atoms with Crippen LogP contribution in [0, 0.1) is 0 Å². The molecule has 92 valence electrons. The van der Waals surface area contributed by atoms with Gasteiger partial charge in [-0.3, -0.25) is 10.1 Å². The van der Waals surface area contributed by atoms with Gasteiger partial charge < -0.3 is 0 Å². The molecule has 0 spiro atoms. The van der Waals surface area contributed by atoms with Crippen LogP contribution in [0.5, 0.6) is 0 Å². The van der Waals surface area contributed by atoms with E-state index < -0.39 is 0 Å². The normalized spacial score (nSPS) is 14.5. The summed E-state index contributed by atoms with van der Waals surface area (Å²) in [5.74, 6) is 0.389. The average Bonchev–Trinajstić information content (AvgIpc) is 3.11. The Morgan fingerprint density at radius 1 is 1.44 bits per heavy atom. The number of aromatic nitrogens is 2. The third-order valence-electron chi connectivity index (χ3n) is 2.73. The molecule has 1 fully saturated rings. The summed E-state index contributed by atoms with van der Waals surface area (Å²) in [4.78, 5) is 20.2. The Hall–Kier alpha value is -1.46. The Morgan fingerprint density at radius 2 is 2.28 bits per heavy atom. The first-order valence-electron chi connectivity index (χ1n) is 5.61. The molecule has 0 atom stereocenters. The maximum Gasteiger partial charge on any atom is 0.259 e. The largest absolute Gasteiger partial charge is 0.298 e. The molecule has 2 aromatic heterocycles. The van der Waals surface area contributed by atoms with E-state index in [9.17, 15) is 4.79 Å². The number of hydrogen-bond acceptors (Lipinski definition) is 4. The molecule has 2 aromatic rings. The monoisotopic (exact) mass is 279 g/mol. The third kappa shape index (κ3) is 2.52. The fraction of sp³-hybridized carbons (Fsp3) is 0.250. The molecule has 1 aliphatic rings. The van der Waals surface area contributed by atoms with Crippen molar-refractivity contribution < 1.29 is 4.79 Å². The van der Waals surface area contributed by atoms with Gasteiger partial charge in [0.05, 0.1) is 11.3 Å². The standard InChI is InChI=1S/C12H10ClN3OS/c13-10-4-3-8(5-14-10)11(17)16-12-15-9(6-18-12)7-1-2-7/h3-7H,1-2H2,(H,15,16,17). The molecule has 0 radical (unpaired) electrons. The van der Waals surface area contributed by atoms with Gasteiger partial charge in [0.25, 0.3) is 5.91 Å². The minimum Gasteiger partial charge on any atom is -0.298 e. The number of hydrogen-bond donors (Lipinski definition) is 1. The quantitative estimate of drug-likeness (QED) is 0.877. The second kappa shape index (κ2) is 4.66. The molecule has 18 heavy (non-hydrogen) atoms. The number of carbonyl (C=O) groups excluding carboxylic acids is 1. The Labute approximate surface area is 113 Å². The minimum atomic E-state index is -0.212. The van der Waals surface area contributed by atoms with Gasteiger partial charge in [0.15, 0.2) is 5.13 Å². The lowest BCUT2D eigenvalue weighted by Gasteiger charge is -2.00. The van der Waals surface area contributed by atoms with Crippen LogP contribution in [-0.4, -0.2) is 15.9 Å². The van der Waals surface area contributed by atoms with E-state index in [4.69, 9.17) is 11.6 Å². The molecule has 6 heteroatoms. The van der Waals surface area contributed by atoms with Crippen molar-refractivity contribution in [2.75, 3.05) is 5.32 Å². The number of nitrogens with one attached hydrogen (secondary N) is 1. The van der Waals surface area contributed by atoms with E-state index in [0.717, 1.165) is 5.69 Å². The Kier molecular flexibility index (Phi) is 3.01. The molecule has 0 saturated heterocycles. The van der Waals surface area contributed by atoms with Gasteiger partial charge in [0.1, 0.15) is 5.15 Å². The van der Waals surface area contributed by atoms with E-state index in [1.54, 1.807) is 12.1 Å². The number of pyridine rings is 1. The lowest BCUT2D eigenvalue weighted by Crippen LogP contribution is -2.11. The fourth-order valence-corrected chi connectivity index (χ4v) is 2.49. The van der Waals surface area contributed by atoms with Crippen LogP contribution >= 0.6 is 22.9 Å². The van der Waals surface area contributed by atoms with Crippen molar-refractivity contribution in [2.45, 2.75) is 18.8 Å². The predicted molar refractivity (Wildman–Crippen MR) is 71.3 cm³/mol. The fourth-order valence-electron chi connectivity index (χ4n) is 1.59. The van der Waals surface area contributed by atoms with Gasteiger partial charge in [-0.15, -0.1) is 11.3 Å². The van der Waals surface area contributed by atoms with Crippen LogP contribution in [0.4, 0.5) is 5.13 Å². The summed E-state index contributed by atoms with van der Waals surface area (Å²) in [6.07, 6.45) is 3.86. The predicted octanol–water partition coefficient (Wildman–Crippen LogP) is 3.32. The SMILES string of the molecule is O=C(Nc1nc(C2CC2)cs1)c1ccc(Cl)nc1. The molecule has 1 aliphatic carbocycles. The summed E-state index contributed by atoms with van der Waals surface area (Å²) in [6, 6.07) is 3.23. The zero-order chi connectivity index (χ0) is 12.5. The maximum atomic E-state index is 11.9. The van der Waals surface area contributed by atoms with Gasteiger partial charge in [-0.05, 0) is 25.0 Å². The number of amides is 1. The van der Waals surface area contributed by atoms with Gasteiger partial charge in [-0.2, -0.15) is 0 Å². The number of anilines is 1. The summed E-state index contributed by atoms with van der Waals surface area (Å²) in [5.41, 5.74) is 1.56. The van der Waals surface area contributed by atoms with Gasteiger partial charge in [-0.1, -0.05) is 11.6 Å². The van der Waals surface area contributed by atoms with Crippen molar-refractivity contribution in [3.05, 3.63) is 40.1 Å². The Morgan fingerprint density at radius 3 is 2.94 bits per heavy atom. The van der Waals surface area contributed by atoms with E-state index in [2.05, 4.69) is 15.3 Å². The maximum absolute atomic E-state index is 11.9. The van der Waals surface area contributed by atoms with Gasteiger partial charge >= 0.3 is 0 Å². The molecule has 1 amide bonds. The summed E-state index contributed by atoms with van der Waals surface area (Å²) in [5, 5.41) is 5.78. The highest BCUT2D eigenvalue weighted by Crippen LogP contribution is 2.40. The van der Waals surface area contributed by atoms with Crippen molar-refractivity contribution in [1.82, 2.24) is 9.97 Å². The van der Waals surface area contributed by atoms with Crippen LogP contribution in [0.1, 0.15) is 34.8 Å². The molecular weight excluding hydrogens is 270 g/mol. The Balaban J connectivity index is 1.70. The van der Waals surface area contributed by atoms with Gasteiger partial charge in [-0.25, -0.2) is 9.97 Å². The zero-order valence-corrected chi connectivity index (χ0v) is 11.0. The van der Waals surface area contributed by atoms with E-state index in [1.165, 1.54) is 30.4 Å². The van der Waals surface area contributed by atoms with Crippen LogP contribution < -0.4 is 5.32 Å². The molecule has 0 unspecified atom stereocenters. The van der Waals surface area contributed by atoms with Crippen molar-refractivity contribution in [1.29, 1.82) is 0 Å². The van der Waals surface area contributed by atoms with E-state index >= 15 is 0 Å². The first kappa shape index (κ1) is 11.6. The molecule has 0 bridgehead atoms. The number of thiazole rings is 1. The lowest BCUT2D eigenvalue weighted by atomic mass is 10.3. The molecule has 1 saturated carbocycles. The molecular formula is C12H10ClN3OS. The van der Waals surface area contributed by atoms with Crippen molar-refractivity contribution >= 4 is 34.0 Å². The highest BCUT2D eigenvalue weighted by atomic mass is 35.5. The summed E-state index contributed by atoms with van der Waals surface area (Å²) in [6.45, 7) is 0. The van der Waals surface area contributed by atoms with Crippen LogP contribution in [0.3, 0.4) is 0 Å². The highest BCUT2D eigenvalue weighted by Gasteiger charge is 2.26. The van der Waals surface area contributed by atoms with Crippen LogP contribution in [0.25, 0.3) is 0 Å². The average molecular weight is 280 g/mol. The van der Waals surface area contributed by atoms with Crippen molar-refractivity contribution in [2.24, 2.45) is 0 Å². The molecule has 1 N–H and O–H groups in total. The van der Waals surface area contributed by atoms with Gasteiger partial charge in [0, 0.05) is 17.5 Å². The summed E-state index contributed by atoms with van der Waals surface area (Å²) < 4.78 is 0. The minimum absolute atomic E-state index is 0.212. The van der Waals surface area contributed by atoms with Crippen LogP contribution in [0.15, 0.2) is 23.7 Å².